The second-order valence-corrected chi connectivity index (χ2v) is 7.81. The van der Waals surface area contributed by atoms with Crippen molar-refractivity contribution in [3.05, 3.63) is 63.7 Å². The Morgan fingerprint density at radius 2 is 1.68 bits per heavy atom. The van der Waals surface area contributed by atoms with E-state index in [4.69, 9.17) is 0 Å². The third kappa shape index (κ3) is 6.28. The van der Waals surface area contributed by atoms with Crippen LogP contribution in [0, 0.1) is 17.0 Å². The minimum Gasteiger partial charge on any atom is -0.372 e. The number of hydrogen-bond acceptors (Lipinski definition) is 5. The molecule has 0 unspecified atom stereocenters. The van der Waals surface area contributed by atoms with Crippen molar-refractivity contribution in [2.24, 2.45) is 0 Å². The molecule has 1 saturated heterocycles. The molecule has 2 N–H and O–H groups in total. The molecule has 0 atom stereocenters. The topological polar surface area (TPSA) is 105 Å². The molecule has 164 valence electrons. The molecule has 0 spiro atoms. The van der Waals surface area contributed by atoms with Gasteiger partial charge in [-0.2, -0.15) is 0 Å². The normalized spacial score (nSPS) is 13.9. The molecule has 1 fully saturated rings. The fourth-order valence-corrected chi connectivity index (χ4v) is 3.68. The van der Waals surface area contributed by atoms with Gasteiger partial charge in [-0.1, -0.05) is 31.0 Å². The highest BCUT2D eigenvalue weighted by Gasteiger charge is 2.20. The Bertz CT molecular complexity index is 935. The van der Waals surface area contributed by atoms with E-state index in [0.717, 1.165) is 18.7 Å². The van der Waals surface area contributed by atoms with Gasteiger partial charge in [-0.05, 0) is 55.5 Å². The smallest absolute Gasteiger partial charge is 0.313 e. The van der Waals surface area contributed by atoms with Crippen LogP contribution in [0.2, 0.25) is 0 Å². The molecular weight excluding hydrogens is 396 g/mol. The molecule has 8 heteroatoms. The molecule has 2 aromatic rings. The Hall–Kier alpha value is -3.42. The number of nitro benzene ring substituents is 1. The molecule has 0 aromatic heterocycles. The van der Waals surface area contributed by atoms with E-state index in [1.807, 2.05) is 12.1 Å². The number of hydrogen-bond donors (Lipinski definition) is 2. The van der Waals surface area contributed by atoms with Crippen molar-refractivity contribution < 1.29 is 14.5 Å². The molecule has 2 aromatic carbocycles. The highest BCUT2D eigenvalue weighted by molar-refractivity contribution is 6.39. The maximum Gasteiger partial charge on any atom is 0.313 e. The SMILES string of the molecule is Cc1ccc(NC(=O)C(=O)NCCc2ccc(N3CCCCCC3)cc2)c([N+](=O)[O-])c1. The lowest BCUT2D eigenvalue weighted by Gasteiger charge is -2.22. The fraction of sp³-hybridized carbons (Fsp3) is 0.391. The van der Waals surface area contributed by atoms with E-state index in [-0.39, 0.29) is 11.4 Å². The van der Waals surface area contributed by atoms with Gasteiger partial charge in [0.05, 0.1) is 4.92 Å². The van der Waals surface area contributed by atoms with E-state index in [1.165, 1.54) is 43.5 Å². The number of carbonyl (C=O) groups excluding carboxylic acids is 2. The number of aryl methyl sites for hydroxylation is 1. The second kappa shape index (κ2) is 10.6. The summed E-state index contributed by atoms with van der Waals surface area (Å²) in [5.41, 5.74) is 2.73. The number of nitrogens with one attached hydrogen (secondary N) is 2. The molecule has 0 bridgehead atoms. The largest absolute Gasteiger partial charge is 0.372 e. The first-order valence-electron chi connectivity index (χ1n) is 10.6. The zero-order valence-corrected chi connectivity index (χ0v) is 17.7. The van der Waals surface area contributed by atoms with Gasteiger partial charge in [0.15, 0.2) is 0 Å². The Morgan fingerprint density at radius 1 is 1.00 bits per heavy atom. The zero-order valence-electron chi connectivity index (χ0n) is 17.7. The predicted molar refractivity (Wildman–Crippen MR) is 120 cm³/mol. The minimum absolute atomic E-state index is 0.000138. The van der Waals surface area contributed by atoms with Crippen molar-refractivity contribution in [3.63, 3.8) is 0 Å². The van der Waals surface area contributed by atoms with E-state index >= 15 is 0 Å². The Balaban J connectivity index is 1.48. The van der Waals surface area contributed by atoms with Gasteiger partial charge < -0.3 is 15.5 Å². The van der Waals surface area contributed by atoms with E-state index in [0.29, 0.717) is 18.5 Å². The summed E-state index contributed by atoms with van der Waals surface area (Å²) in [6.45, 7) is 4.18. The summed E-state index contributed by atoms with van der Waals surface area (Å²) in [4.78, 5) is 37.2. The van der Waals surface area contributed by atoms with Crippen LogP contribution < -0.4 is 15.5 Å². The van der Waals surface area contributed by atoms with Crippen molar-refractivity contribution in [2.45, 2.75) is 39.0 Å². The van der Waals surface area contributed by atoms with Crippen LogP contribution in [0.1, 0.15) is 36.8 Å². The fourth-order valence-electron chi connectivity index (χ4n) is 3.68. The van der Waals surface area contributed by atoms with E-state index in [9.17, 15) is 19.7 Å². The molecule has 2 amide bonds. The van der Waals surface area contributed by atoms with E-state index in [2.05, 4.69) is 27.7 Å². The summed E-state index contributed by atoms with van der Waals surface area (Å²) in [7, 11) is 0. The molecule has 0 aliphatic carbocycles. The van der Waals surface area contributed by atoms with Gasteiger partial charge in [-0.15, -0.1) is 0 Å². The van der Waals surface area contributed by atoms with Crippen LogP contribution in [0.4, 0.5) is 17.1 Å². The van der Waals surface area contributed by atoms with Crippen molar-refractivity contribution in [1.29, 1.82) is 0 Å². The van der Waals surface area contributed by atoms with Crippen LogP contribution in [0.3, 0.4) is 0 Å². The van der Waals surface area contributed by atoms with Crippen molar-refractivity contribution >= 4 is 28.9 Å². The maximum atomic E-state index is 12.1. The first-order chi connectivity index (χ1) is 14.9. The first kappa shape index (κ1) is 22.3. The van der Waals surface area contributed by atoms with Crippen LogP contribution in [0.25, 0.3) is 0 Å². The van der Waals surface area contributed by atoms with Crippen LogP contribution in [0.5, 0.6) is 0 Å². The number of benzene rings is 2. The zero-order chi connectivity index (χ0) is 22.2. The highest BCUT2D eigenvalue weighted by atomic mass is 16.6. The Labute approximate surface area is 181 Å². The molecule has 3 rings (SSSR count). The van der Waals surface area contributed by atoms with Crippen molar-refractivity contribution in [2.75, 3.05) is 29.9 Å². The molecule has 0 saturated carbocycles. The molecule has 1 heterocycles. The highest BCUT2D eigenvalue weighted by Crippen LogP contribution is 2.25. The standard InChI is InChI=1S/C23H28N4O4/c1-17-6-11-20(21(16-17)27(30)31)25-23(29)22(28)24-13-12-18-7-9-19(10-8-18)26-14-4-2-3-5-15-26/h6-11,16H,2-5,12-15H2,1H3,(H,24,28)(H,25,29). The number of nitrogens with zero attached hydrogens (tertiary/aromatic N) is 2. The van der Waals surface area contributed by atoms with Crippen LogP contribution in [-0.4, -0.2) is 36.4 Å². The molecule has 1 aliphatic rings. The van der Waals surface area contributed by atoms with E-state index < -0.39 is 16.7 Å². The van der Waals surface area contributed by atoms with Gasteiger partial charge in [-0.3, -0.25) is 19.7 Å². The van der Waals surface area contributed by atoms with Gasteiger partial charge in [0, 0.05) is 31.4 Å². The average Bonchev–Trinajstić information content (AvgIpc) is 3.05. The second-order valence-electron chi connectivity index (χ2n) is 7.81. The number of carbonyl (C=O) groups is 2. The monoisotopic (exact) mass is 424 g/mol. The van der Waals surface area contributed by atoms with Crippen LogP contribution in [0.15, 0.2) is 42.5 Å². The van der Waals surface area contributed by atoms with Crippen molar-refractivity contribution in [1.82, 2.24) is 5.32 Å². The summed E-state index contributed by atoms with van der Waals surface area (Å²) in [6, 6.07) is 12.7. The lowest BCUT2D eigenvalue weighted by Crippen LogP contribution is -2.36. The van der Waals surface area contributed by atoms with Crippen LogP contribution in [-0.2, 0) is 16.0 Å². The van der Waals surface area contributed by atoms with Crippen molar-refractivity contribution in [3.8, 4) is 0 Å². The lowest BCUT2D eigenvalue weighted by molar-refractivity contribution is -0.384. The van der Waals surface area contributed by atoms with Gasteiger partial charge in [-0.25, -0.2) is 0 Å². The van der Waals surface area contributed by atoms with Gasteiger partial charge >= 0.3 is 11.8 Å². The van der Waals surface area contributed by atoms with Gasteiger partial charge in [0.25, 0.3) is 5.69 Å². The predicted octanol–water partition coefficient (Wildman–Crippen LogP) is 3.58. The quantitative estimate of drug-likeness (QED) is 0.419. The van der Waals surface area contributed by atoms with Gasteiger partial charge in [0.2, 0.25) is 0 Å². The third-order valence-corrected chi connectivity index (χ3v) is 5.41. The summed E-state index contributed by atoms with van der Waals surface area (Å²) in [5, 5.41) is 16.0. The average molecular weight is 425 g/mol. The minimum atomic E-state index is -0.927. The number of nitro groups is 1. The van der Waals surface area contributed by atoms with Gasteiger partial charge in [0.1, 0.15) is 5.69 Å². The Morgan fingerprint density at radius 3 is 2.32 bits per heavy atom. The van der Waals surface area contributed by atoms with Crippen LogP contribution >= 0.6 is 0 Å². The molecule has 1 aliphatic heterocycles. The molecule has 8 nitrogen and oxygen atoms in total. The molecule has 0 radical (unpaired) electrons. The summed E-state index contributed by atoms with van der Waals surface area (Å²) < 4.78 is 0. The number of anilines is 2. The number of rotatable bonds is 6. The maximum absolute atomic E-state index is 12.1. The summed E-state index contributed by atoms with van der Waals surface area (Å²) >= 11 is 0. The third-order valence-electron chi connectivity index (χ3n) is 5.41. The molecule has 31 heavy (non-hydrogen) atoms. The molecular formula is C23H28N4O4. The lowest BCUT2D eigenvalue weighted by atomic mass is 10.1. The van der Waals surface area contributed by atoms with E-state index in [1.54, 1.807) is 13.0 Å². The number of amides is 2. The first-order valence-corrected chi connectivity index (χ1v) is 10.6. The summed E-state index contributed by atoms with van der Waals surface area (Å²) in [6.07, 6.45) is 5.62. The Kier molecular flexibility index (Phi) is 7.59. The summed E-state index contributed by atoms with van der Waals surface area (Å²) in [5.74, 6) is -1.75.